The zero-order valence-corrected chi connectivity index (χ0v) is 17.0. The number of hydrogen-bond acceptors (Lipinski definition) is 6. The number of aryl methyl sites for hydroxylation is 1. The van der Waals surface area contributed by atoms with E-state index in [2.05, 4.69) is 5.32 Å². The highest BCUT2D eigenvalue weighted by molar-refractivity contribution is 7.89. The van der Waals surface area contributed by atoms with Crippen molar-refractivity contribution in [3.8, 4) is 0 Å². The van der Waals surface area contributed by atoms with Gasteiger partial charge in [0, 0.05) is 20.1 Å². The fourth-order valence-electron chi connectivity index (χ4n) is 2.79. The van der Waals surface area contributed by atoms with Crippen LogP contribution in [0.3, 0.4) is 0 Å². The molecule has 28 heavy (non-hydrogen) atoms. The summed E-state index contributed by atoms with van der Waals surface area (Å²) in [6.45, 7) is 3.86. The molecule has 0 bridgehead atoms. The summed E-state index contributed by atoms with van der Waals surface area (Å²) < 4.78 is 32.2. The van der Waals surface area contributed by atoms with E-state index in [1.165, 1.54) is 36.5 Å². The molecule has 1 aliphatic heterocycles. The molecule has 1 heterocycles. The van der Waals surface area contributed by atoms with Gasteiger partial charge in [-0.1, -0.05) is 12.5 Å². The molecule has 0 aliphatic carbocycles. The smallest absolute Gasteiger partial charge is 0.339 e. The van der Waals surface area contributed by atoms with E-state index in [0.29, 0.717) is 18.7 Å². The predicted octanol–water partition coefficient (Wildman–Crippen LogP) is 1.17. The summed E-state index contributed by atoms with van der Waals surface area (Å²) in [6, 6.07) is 3.53. The third-order valence-corrected chi connectivity index (χ3v) is 6.39. The summed E-state index contributed by atoms with van der Waals surface area (Å²) in [6.07, 6.45) is 1.37. The van der Waals surface area contributed by atoms with Crippen LogP contribution < -0.4 is 10.6 Å². The molecule has 3 amide bonds. The molecule has 1 aliphatic rings. The molecule has 0 radical (unpaired) electrons. The first-order valence-corrected chi connectivity index (χ1v) is 10.4. The van der Waals surface area contributed by atoms with Gasteiger partial charge in [-0.25, -0.2) is 18.0 Å². The van der Waals surface area contributed by atoms with Gasteiger partial charge in [-0.3, -0.25) is 10.1 Å². The maximum Gasteiger partial charge on any atom is 0.339 e. The first-order valence-electron chi connectivity index (χ1n) is 9.01. The number of benzene rings is 1. The van der Waals surface area contributed by atoms with Crippen LogP contribution in [0.4, 0.5) is 4.79 Å². The van der Waals surface area contributed by atoms with Gasteiger partial charge in [-0.2, -0.15) is 4.31 Å². The first kappa shape index (κ1) is 21.8. The third kappa shape index (κ3) is 5.08. The molecule has 2 rings (SSSR count). The van der Waals surface area contributed by atoms with Crippen LogP contribution in [-0.4, -0.2) is 56.9 Å². The van der Waals surface area contributed by atoms with Gasteiger partial charge >= 0.3 is 12.0 Å². The van der Waals surface area contributed by atoms with Crippen LogP contribution >= 0.6 is 0 Å². The minimum Gasteiger partial charge on any atom is -0.449 e. The number of amides is 3. The van der Waals surface area contributed by atoms with Crippen molar-refractivity contribution in [1.82, 2.24) is 14.9 Å². The Hall–Kier alpha value is -2.46. The van der Waals surface area contributed by atoms with Gasteiger partial charge in [0.15, 0.2) is 6.10 Å². The Balaban J connectivity index is 2.19. The topological polar surface area (TPSA) is 122 Å². The Morgan fingerprint density at radius 3 is 2.39 bits per heavy atom. The van der Waals surface area contributed by atoms with Crippen LogP contribution in [0, 0.1) is 6.92 Å². The van der Waals surface area contributed by atoms with Crippen LogP contribution in [0.2, 0.25) is 0 Å². The normalized spacial score (nSPS) is 16.1. The number of urea groups is 1. The Morgan fingerprint density at radius 2 is 1.79 bits per heavy atom. The van der Waals surface area contributed by atoms with E-state index in [9.17, 15) is 22.8 Å². The van der Waals surface area contributed by atoms with Crippen molar-refractivity contribution in [1.29, 1.82) is 0 Å². The average molecular weight is 411 g/mol. The molecule has 0 spiro atoms. The molecule has 154 valence electrons. The number of nitrogens with zero attached hydrogens (tertiary/aromatic N) is 1. The Bertz CT molecular complexity index is 862. The van der Waals surface area contributed by atoms with Crippen LogP contribution in [-0.2, 0) is 19.6 Å². The number of piperidine rings is 1. The van der Waals surface area contributed by atoms with E-state index >= 15 is 0 Å². The van der Waals surface area contributed by atoms with Crippen molar-refractivity contribution in [2.75, 3.05) is 20.1 Å². The molecule has 1 aromatic carbocycles. The van der Waals surface area contributed by atoms with Crippen molar-refractivity contribution in [2.45, 2.75) is 44.1 Å². The van der Waals surface area contributed by atoms with E-state index in [0.717, 1.165) is 19.3 Å². The van der Waals surface area contributed by atoms with Crippen molar-refractivity contribution in [2.24, 2.45) is 0 Å². The summed E-state index contributed by atoms with van der Waals surface area (Å²) >= 11 is 0. The van der Waals surface area contributed by atoms with Crippen LogP contribution in [0.25, 0.3) is 0 Å². The number of hydrogen-bond donors (Lipinski definition) is 2. The second kappa shape index (κ2) is 9.16. The van der Waals surface area contributed by atoms with Crippen LogP contribution in [0.15, 0.2) is 23.1 Å². The lowest BCUT2D eigenvalue weighted by Crippen LogP contribution is -2.43. The first-order chi connectivity index (χ1) is 13.2. The molecule has 1 fully saturated rings. The zero-order valence-electron chi connectivity index (χ0n) is 16.1. The number of rotatable bonds is 5. The number of sulfonamides is 1. The molecule has 1 aromatic rings. The molecular formula is C18H25N3O6S. The molecule has 0 saturated carbocycles. The van der Waals surface area contributed by atoms with Crippen molar-refractivity contribution in [3.63, 3.8) is 0 Å². The highest BCUT2D eigenvalue weighted by Crippen LogP contribution is 2.23. The van der Waals surface area contributed by atoms with Gasteiger partial charge < -0.3 is 10.1 Å². The molecule has 0 unspecified atom stereocenters. The Labute approximate surface area is 164 Å². The van der Waals surface area contributed by atoms with E-state index in [1.54, 1.807) is 6.92 Å². The molecular weight excluding hydrogens is 386 g/mol. The highest BCUT2D eigenvalue weighted by atomic mass is 32.2. The minimum absolute atomic E-state index is 0.00872. The van der Waals surface area contributed by atoms with Crippen LogP contribution in [0.5, 0.6) is 0 Å². The number of carbonyl (C=O) groups excluding carboxylic acids is 3. The van der Waals surface area contributed by atoms with E-state index < -0.39 is 34.0 Å². The van der Waals surface area contributed by atoms with E-state index in [-0.39, 0.29) is 10.5 Å². The van der Waals surface area contributed by atoms with Crippen molar-refractivity contribution < 1.29 is 27.5 Å². The lowest BCUT2D eigenvalue weighted by Gasteiger charge is -2.26. The summed E-state index contributed by atoms with van der Waals surface area (Å²) in [7, 11) is -2.36. The quantitative estimate of drug-likeness (QED) is 0.702. The Morgan fingerprint density at radius 1 is 1.14 bits per heavy atom. The molecule has 1 saturated heterocycles. The summed E-state index contributed by atoms with van der Waals surface area (Å²) in [5.41, 5.74) is 0.569. The number of ether oxygens (including phenoxy) is 1. The SMILES string of the molecule is CNC(=O)NC(=O)[C@@H](C)OC(=O)c1cc(S(=O)(=O)N2CCCCC2)ccc1C. The second-order valence-electron chi connectivity index (χ2n) is 6.56. The summed E-state index contributed by atoms with van der Waals surface area (Å²) in [5, 5.41) is 4.23. The lowest BCUT2D eigenvalue weighted by atomic mass is 10.1. The van der Waals surface area contributed by atoms with Crippen molar-refractivity contribution in [3.05, 3.63) is 29.3 Å². The highest BCUT2D eigenvalue weighted by Gasteiger charge is 2.28. The van der Waals surface area contributed by atoms with Gasteiger partial charge in [0.2, 0.25) is 10.0 Å². The Kier molecular flexibility index (Phi) is 7.14. The lowest BCUT2D eigenvalue weighted by molar-refractivity contribution is -0.127. The monoisotopic (exact) mass is 411 g/mol. The van der Waals surface area contributed by atoms with Crippen molar-refractivity contribution >= 4 is 27.9 Å². The standard InChI is InChI=1S/C18H25N3O6S/c1-12-7-8-14(28(25,26)21-9-5-4-6-10-21)11-15(12)17(23)27-13(2)16(22)20-18(24)19-3/h7-8,11,13H,4-6,9-10H2,1-3H3,(H2,19,20,22,24)/t13-/m1/s1. The van der Waals surface area contributed by atoms with E-state index in [1.807, 2.05) is 5.32 Å². The maximum atomic E-state index is 12.8. The van der Waals surface area contributed by atoms with Gasteiger partial charge in [-0.05, 0) is 44.4 Å². The van der Waals surface area contributed by atoms with Gasteiger partial charge in [-0.15, -0.1) is 0 Å². The molecule has 1 atom stereocenters. The summed E-state index contributed by atoms with van der Waals surface area (Å²) in [4.78, 5) is 35.5. The predicted molar refractivity (Wildman–Crippen MR) is 101 cm³/mol. The van der Waals surface area contributed by atoms with Gasteiger partial charge in [0.05, 0.1) is 10.5 Å². The zero-order chi connectivity index (χ0) is 20.9. The van der Waals surface area contributed by atoms with Gasteiger partial charge in [0.1, 0.15) is 0 Å². The minimum atomic E-state index is -3.71. The molecule has 10 heteroatoms. The molecule has 9 nitrogen and oxygen atoms in total. The van der Waals surface area contributed by atoms with E-state index in [4.69, 9.17) is 4.74 Å². The number of imide groups is 1. The second-order valence-corrected chi connectivity index (χ2v) is 8.50. The third-order valence-electron chi connectivity index (χ3n) is 4.50. The number of esters is 1. The molecule has 0 aromatic heterocycles. The average Bonchev–Trinajstić information content (AvgIpc) is 2.68. The van der Waals surface area contributed by atoms with Gasteiger partial charge in [0.25, 0.3) is 5.91 Å². The molecule has 2 N–H and O–H groups in total. The fourth-order valence-corrected chi connectivity index (χ4v) is 4.33. The van der Waals surface area contributed by atoms with Crippen LogP contribution in [0.1, 0.15) is 42.1 Å². The largest absolute Gasteiger partial charge is 0.449 e. The number of carbonyl (C=O) groups is 3. The maximum absolute atomic E-state index is 12.8. The fraction of sp³-hybridized carbons (Fsp3) is 0.500. The summed E-state index contributed by atoms with van der Waals surface area (Å²) in [5.74, 6) is -1.63. The number of nitrogens with one attached hydrogen (secondary N) is 2.